The first-order valence-corrected chi connectivity index (χ1v) is 17.3. The lowest BCUT2D eigenvalue weighted by atomic mass is 9.89. The van der Waals surface area contributed by atoms with Gasteiger partial charge < -0.3 is 39.6 Å². The maximum Gasteiger partial charge on any atom is 0.407 e. The van der Waals surface area contributed by atoms with Crippen molar-refractivity contribution in [2.75, 3.05) is 52.5 Å². The van der Waals surface area contributed by atoms with Gasteiger partial charge in [0.25, 0.3) is 5.91 Å². The number of carboxylic acid groups (broad SMARTS) is 1. The summed E-state index contributed by atoms with van der Waals surface area (Å²) in [5.41, 5.74) is 1.97. The topological polar surface area (TPSA) is 156 Å². The van der Waals surface area contributed by atoms with Crippen molar-refractivity contribution in [2.24, 2.45) is 0 Å². The maximum absolute atomic E-state index is 13.0. The number of hydrogen-bond donors (Lipinski definition) is 4. The number of fused-ring (bicyclic) bond motifs is 1. The van der Waals surface area contributed by atoms with Crippen LogP contribution in [0.4, 0.5) is 4.79 Å². The van der Waals surface area contributed by atoms with Crippen molar-refractivity contribution in [1.29, 1.82) is 0 Å². The number of amides is 2. The molecule has 2 fully saturated rings. The molecule has 0 radical (unpaired) electrons. The molecule has 47 heavy (non-hydrogen) atoms. The molecular weight excluding hydrogens is 645 g/mol. The molecule has 0 aliphatic carbocycles. The second-order valence-electron chi connectivity index (χ2n) is 12.1. The highest BCUT2D eigenvalue weighted by atomic mass is 32.1. The Morgan fingerprint density at radius 3 is 2.60 bits per heavy atom. The Balaban J connectivity index is 0.970. The minimum atomic E-state index is -1.14. The second-order valence-corrected chi connectivity index (χ2v) is 14.2. The number of H-pyrrole nitrogens is 1. The molecule has 2 saturated heterocycles. The van der Waals surface area contributed by atoms with Crippen LogP contribution in [0.25, 0.3) is 10.2 Å². The van der Waals surface area contributed by atoms with Crippen molar-refractivity contribution in [3.8, 4) is 17.2 Å². The lowest BCUT2D eigenvalue weighted by Gasteiger charge is -2.47. The van der Waals surface area contributed by atoms with E-state index in [-0.39, 0.29) is 41.0 Å². The fourth-order valence-electron chi connectivity index (χ4n) is 6.28. The quantitative estimate of drug-likeness (QED) is 0.190. The predicted molar refractivity (Wildman–Crippen MR) is 179 cm³/mol. The van der Waals surface area contributed by atoms with Gasteiger partial charge in [0.15, 0.2) is 0 Å². The van der Waals surface area contributed by atoms with Crippen molar-refractivity contribution in [3.63, 3.8) is 0 Å². The van der Waals surface area contributed by atoms with Crippen LogP contribution in [0.2, 0.25) is 0 Å². The number of morpholine rings is 1. The van der Waals surface area contributed by atoms with Gasteiger partial charge in [0.1, 0.15) is 29.4 Å². The first-order valence-electron chi connectivity index (χ1n) is 15.6. The van der Waals surface area contributed by atoms with Crippen molar-refractivity contribution in [1.82, 2.24) is 19.7 Å². The molecule has 0 atom stereocenters. The Hall–Kier alpha value is -4.11. The summed E-state index contributed by atoms with van der Waals surface area (Å²) >= 11 is 2.56. The zero-order chi connectivity index (χ0) is 33.1. The highest BCUT2D eigenvalue weighted by Gasteiger charge is 2.41. The zero-order valence-corrected chi connectivity index (χ0v) is 27.7. The summed E-state index contributed by atoms with van der Waals surface area (Å²) in [6, 6.07) is 9.99. The number of phenolic OH excluding ortho intramolecular Hbond substituents is 2. The van der Waals surface area contributed by atoms with Gasteiger partial charge in [-0.15, -0.1) is 11.3 Å². The molecule has 4 N–H and O–H groups in total. The number of ether oxygens (including phenoxy) is 2. The number of rotatable bonds is 10. The molecule has 1 spiro atoms. The van der Waals surface area contributed by atoms with Crippen LogP contribution in [-0.2, 0) is 17.7 Å². The number of aromatic nitrogens is 1. The van der Waals surface area contributed by atoms with E-state index in [1.165, 1.54) is 17.0 Å². The van der Waals surface area contributed by atoms with E-state index in [1.807, 2.05) is 23.3 Å². The summed E-state index contributed by atoms with van der Waals surface area (Å²) in [6.07, 6.45) is 0.852. The van der Waals surface area contributed by atoms with E-state index in [2.05, 4.69) is 9.88 Å². The minimum Gasteiger partial charge on any atom is -0.507 e. The normalized spacial score (nSPS) is 16.5. The molecular formula is C33H38N4O8S2. The maximum atomic E-state index is 13.0. The molecule has 2 aliphatic rings. The van der Waals surface area contributed by atoms with Crippen LogP contribution in [0, 0.1) is 6.92 Å². The number of benzene rings is 2. The lowest BCUT2D eigenvalue weighted by Crippen LogP contribution is -2.58. The van der Waals surface area contributed by atoms with Crippen molar-refractivity contribution < 1.29 is 34.4 Å². The number of piperidine rings is 1. The first kappa shape index (κ1) is 32.8. The number of phenols is 2. The standard InChI is InChI=1S/C33H38N4O8S2/c1-21-16-24(19-46-21)30(40)37-13-15-45-33(20-37)7-10-35(11-8-33)12-14-44-25-4-2-23(27(39)17-25)18-36(32(42)43)9-6-22-3-5-26(38)28-29(22)47-31(41)34-28/h2-5,16-17,19,38-39H,6-15,18,20H2,1H3,(H,34,41)(H,42,43). The SMILES string of the molecule is Cc1cc(C(=O)N2CCOC3(CCN(CCOc4ccc(CN(CCc5ccc(O)c6[nH]c(=O)sc56)C(=O)O)c(O)c4)CC3)C2)cs1. The molecule has 4 heterocycles. The third-order valence-electron chi connectivity index (χ3n) is 8.94. The molecule has 0 bridgehead atoms. The van der Waals surface area contributed by atoms with Crippen LogP contribution >= 0.6 is 22.7 Å². The van der Waals surface area contributed by atoms with Crippen LogP contribution in [0.3, 0.4) is 0 Å². The highest BCUT2D eigenvalue weighted by Crippen LogP contribution is 2.32. The number of aryl methyl sites for hydroxylation is 1. The molecule has 2 aromatic heterocycles. The Bertz CT molecular complexity index is 1810. The largest absolute Gasteiger partial charge is 0.507 e. The summed E-state index contributed by atoms with van der Waals surface area (Å²) < 4.78 is 12.8. The zero-order valence-electron chi connectivity index (χ0n) is 26.1. The summed E-state index contributed by atoms with van der Waals surface area (Å²) in [4.78, 5) is 45.7. The number of thiazole rings is 1. The fraction of sp³-hybridized carbons (Fsp3) is 0.424. The summed E-state index contributed by atoms with van der Waals surface area (Å²) in [5, 5.41) is 32.5. The van der Waals surface area contributed by atoms with Crippen LogP contribution in [0.1, 0.15) is 39.2 Å². The number of carbonyl (C=O) groups is 2. The number of hydrogen-bond acceptors (Lipinski definition) is 10. The monoisotopic (exact) mass is 682 g/mol. The summed E-state index contributed by atoms with van der Waals surface area (Å²) in [6.45, 7) is 6.64. The molecule has 0 saturated carbocycles. The molecule has 12 nitrogen and oxygen atoms in total. The number of aromatic amines is 1. The molecule has 4 aromatic rings. The first-order chi connectivity index (χ1) is 22.6. The van der Waals surface area contributed by atoms with E-state index in [1.54, 1.807) is 29.5 Å². The lowest BCUT2D eigenvalue weighted by molar-refractivity contribution is -0.127. The average Bonchev–Trinajstić information content (AvgIpc) is 3.67. The van der Waals surface area contributed by atoms with E-state index < -0.39 is 6.09 Å². The average molecular weight is 683 g/mol. The predicted octanol–water partition coefficient (Wildman–Crippen LogP) is 4.48. The van der Waals surface area contributed by atoms with Crippen molar-refractivity contribution in [2.45, 2.75) is 38.3 Å². The fourth-order valence-corrected chi connectivity index (χ4v) is 7.85. The smallest absolute Gasteiger partial charge is 0.407 e. The highest BCUT2D eigenvalue weighted by molar-refractivity contribution is 7.16. The molecule has 0 unspecified atom stereocenters. The Morgan fingerprint density at radius 2 is 1.87 bits per heavy atom. The van der Waals surface area contributed by atoms with Gasteiger partial charge in [-0.05, 0) is 56.0 Å². The van der Waals surface area contributed by atoms with Gasteiger partial charge in [-0.3, -0.25) is 14.5 Å². The van der Waals surface area contributed by atoms with Crippen LogP contribution in [0.15, 0.2) is 46.6 Å². The van der Waals surface area contributed by atoms with Crippen LogP contribution < -0.4 is 9.61 Å². The second kappa shape index (κ2) is 13.9. The molecule has 2 amide bonds. The Morgan fingerprint density at radius 1 is 1.09 bits per heavy atom. The van der Waals surface area contributed by atoms with E-state index >= 15 is 0 Å². The number of likely N-dealkylation sites (tertiary alicyclic amines) is 1. The molecule has 6 rings (SSSR count). The van der Waals surface area contributed by atoms with Gasteiger partial charge in [0, 0.05) is 54.6 Å². The van der Waals surface area contributed by atoms with Gasteiger partial charge in [0.2, 0.25) is 0 Å². The third-order valence-corrected chi connectivity index (χ3v) is 10.8. The number of carbonyl (C=O) groups excluding carboxylic acids is 1. The van der Waals surface area contributed by atoms with Gasteiger partial charge in [0.05, 0.1) is 35.6 Å². The number of nitrogens with one attached hydrogen (secondary N) is 1. The third kappa shape index (κ3) is 7.56. The molecule has 2 aliphatic heterocycles. The van der Waals surface area contributed by atoms with Gasteiger partial charge in [-0.1, -0.05) is 17.4 Å². The minimum absolute atomic E-state index is 0.0282. The summed E-state index contributed by atoms with van der Waals surface area (Å²) in [7, 11) is 0. The van der Waals surface area contributed by atoms with Crippen molar-refractivity contribution >= 4 is 44.9 Å². The van der Waals surface area contributed by atoms with Gasteiger partial charge in [-0.2, -0.15) is 0 Å². The van der Waals surface area contributed by atoms with E-state index in [4.69, 9.17) is 9.47 Å². The van der Waals surface area contributed by atoms with E-state index in [0.29, 0.717) is 60.8 Å². The molecule has 2 aromatic carbocycles. The number of aromatic hydroxyl groups is 2. The Labute approximate surface area is 279 Å². The molecule has 14 heteroatoms. The summed E-state index contributed by atoms with van der Waals surface area (Å²) in [5.74, 6) is 0.471. The van der Waals surface area contributed by atoms with Crippen LogP contribution in [0.5, 0.6) is 17.2 Å². The van der Waals surface area contributed by atoms with Crippen LogP contribution in [-0.4, -0.2) is 105 Å². The number of thiophene rings is 1. The Kier molecular flexibility index (Phi) is 9.73. The number of nitrogens with zero attached hydrogens (tertiary/aromatic N) is 3. The molecule has 250 valence electrons. The van der Waals surface area contributed by atoms with Gasteiger partial charge in [-0.25, -0.2) is 4.79 Å². The van der Waals surface area contributed by atoms with E-state index in [0.717, 1.165) is 53.3 Å². The van der Waals surface area contributed by atoms with Gasteiger partial charge >= 0.3 is 11.0 Å². The van der Waals surface area contributed by atoms with E-state index in [9.17, 15) is 29.7 Å². The van der Waals surface area contributed by atoms with Crippen molar-refractivity contribution in [3.05, 3.63) is 73.0 Å².